The maximum absolute atomic E-state index is 10.5. The maximum atomic E-state index is 10.5. The Balaban J connectivity index is 0. The van der Waals surface area contributed by atoms with Gasteiger partial charge in [-0.15, -0.1) is 0 Å². The average molecular weight is 213 g/mol. The van der Waals surface area contributed by atoms with E-state index in [0.717, 1.165) is 5.56 Å². The lowest BCUT2D eigenvalue weighted by Crippen LogP contribution is -2.19. The number of hydrogen-bond donors (Lipinski definition) is 1. The maximum Gasteiger partial charge on any atom is 0.143 e. The van der Waals surface area contributed by atoms with Gasteiger partial charge in [0.25, 0.3) is 0 Å². The molecular weight excluding hydrogens is 190 g/mol. The number of carbonyl (C=O) groups excluding carboxylic acids is 1. The van der Waals surface area contributed by atoms with Crippen molar-refractivity contribution in [3.63, 3.8) is 0 Å². The molecule has 0 aliphatic heterocycles. The molecule has 0 saturated heterocycles. The van der Waals surface area contributed by atoms with Gasteiger partial charge in [0.05, 0.1) is 19.1 Å². The summed E-state index contributed by atoms with van der Waals surface area (Å²) in [6.45, 7) is 7.03. The molecule has 15 heavy (non-hydrogen) atoms. The van der Waals surface area contributed by atoms with Gasteiger partial charge in [0.1, 0.15) is 5.78 Å². The second-order valence-electron chi connectivity index (χ2n) is 3.44. The van der Waals surface area contributed by atoms with Crippen LogP contribution in [0.1, 0.15) is 40.6 Å². The monoisotopic (exact) mass is 213 g/mol. The highest BCUT2D eigenvalue weighted by atomic mass is 16.3. The highest BCUT2D eigenvalue weighted by Gasteiger charge is 1.94. The third-order valence-electron chi connectivity index (χ3n) is 1.78. The number of carbonyl (C=O) groups is 1. The Hall–Kier alpha value is -1.09. The fourth-order valence-electron chi connectivity index (χ4n) is 0.776. The zero-order valence-electron chi connectivity index (χ0n) is 9.88. The van der Waals surface area contributed by atoms with Crippen LogP contribution in [0.4, 0.5) is 0 Å². The number of ketones is 1. The smallest absolute Gasteiger partial charge is 0.143 e. The zero-order valence-corrected chi connectivity index (χ0v) is 9.88. The van der Waals surface area contributed by atoms with Crippen LogP contribution in [0.25, 0.3) is 0 Å². The Bertz CT molecular complexity index is 246. The van der Waals surface area contributed by atoms with E-state index < -0.39 is 0 Å². The van der Waals surface area contributed by atoms with Crippen LogP contribution in [0.2, 0.25) is 0 Å². The van der Waals surface area contributed by atoms with Crippen LogP contribution in [-0.4, -0.2) is 12.3 Å². The first kappa shape index (κ1) is 13.9. The molecule has 1 heterocycles. The summed E-state index contributed by atoms with van der Waals surface area (Å²) in [7, 11) is 0. The van der Waals surface area contributed by atoms with Gasteiger partial charge in [0.15, 0.2) is 0 Å². The predicted octanol–water partition coefficient (Wildman–Crippen LogP) is 3.01. The van der Waals surface area contributed by atoms with Crippen LogP contribution >= 0.6 is 0 Å². The van der Waals surface area contributed by atoms with E-state index >= 15 is 0 Å². The van der Waals surface area contributed by atoms with Crippen LogP contribution in [0.3, 0.4) is 0 Å². The van der Waals surface area contributed by atoms with Crippen LogP contribution in [0.5, 0.6) is 0 Å². The fourth-order valence-corrected chi connectivity index (χ4v) is 0.776. The van der Waals surface area contributed by atoms with Crippen molar-refractivity contribution in [2.45, 2.75) is 40.2 Å². The van der Waals surface area contributed by atoms with Gasteiger partial charge < -0.3 is 9.73 Å². The Kier molecular flexibility index (Phi) is 8.78. The highest BCUT2D eigenvalue weighted by Crippen LogP contribution is 1.97. The molecule has 3 heteroatoms. The zero-order chi connectivity index (χ0) is 11.5. The summed E-state index contributed by atoms with van der Waals surface area (Å²) in [6, 6.07) is 1.87. The fraction of sp³-hybridized carbons (Fsp3) is 0.583. The lowest BCUT2D eigenvalue weighted by atomic mass is 10.3. The molecular formula is C12H23NO2. The quantitative estimate of drug-likeness (QED) is 0.817. The van der Waals surface area contributed by atoms with E-state index in [1.54, 1.807) is 19.5 Å². The van der Waals surface area contributed by atoms with Crippen LogP contribution in [-0.2, 0) is 11.3 Å². The third-order valence-corrected chi connectivity index (χ3v) is 1.78. The van der Waals surface area contributed by atoms with Gasteiger partial charge in [0, 0.05) is 13.5 Å². The molecule has 0 aromatic carbocycles. The summed E-state index contributed by atoms with van der Waals surface area (Å²) >= 11 is 0. The normalized spacial score (nSPS) is 9.27. The van der Waals surface area contributed by atoms with Crippen LogP contribution in [0.15, 0.2) is 23.0 Å². The summed E-state index contributed by atoms with van der Waals surface area (Å²) in [5.41, 5.74) is 1.06. The molecule has 0 bridgehead atoms. The number of unbranched alkanes of at least 4 members (excludes halogenated alkanes) is 1. The number of rotatable bonds is 5. The Morgan fingerprint density at radius 3 is 2.53 bits per heavy atom. The van der Waals surface area contributed by atoms with E-state index in [4.69, 9.17) is 4.42 Å². The average Bonchev–Trinajstić information content (AvgIpc) is 2.71. The van der Waals surface area contributed by atoms with Crippen molar-refractivity contribution in [3.8, 4) is 0 Å². The summed E-state index contributed by atoms with van der Waals surface area (Å²) < 4.78 is 4.85. The molecule has 1 aromatic rings. The van der Waals surface area contributed by atoms with Crippen molar-refractivity contribution in [2.75, 3.05) is 6.54 Å². The first-order valence-electron chi connectivity index (χ1n) is 5.41. The minimum atomic E-state index is 0. The molecule has 1 rings (SSSR count). The molecule has 1 aromatic heterocycles. The molecule has 0 aliphatic rings. The topological polar surface area (TPSA) is 42.2 Å². The van der Waals surface area contributed by atoms with Gasteiger partial charge in [-0.1, -0.05) is 26.7 Å². The number of Topliss-reactive ketones (excluding diaryl/α,β-unsaturated/α-hetero) is 1. The largest absolute Gasteiger partial charge is 0.472 e. The van der Waals surface area contributed by atoms with Crippen molar-refractivity contribution >= 4 is 5.78 Å². The van der Waals surface area contributed by atoms with E-state index in [-0.39, 0.29) is 7.21 Å². The second-order valence-corrected chi connectivity index (χ2v) is 3.44. The summed E-state index contributed by atoms with van der Waals surface area (Å²) in [5.74, 6) is 0.147. The molecule has 3 nitrogen and oxygen atoms in total. The SMILES string of the molecule is CC(=O)CNCc1ccoc1.CCCC.[HH]. The molecule has 0 spiro atoms. The standard InChI is InChI=1S/C8H11NO2.C4H10.H2/c1-7(10)4-9-5-8-2-3-11-6-8;1-3-4-2;/h2-3,6,9H,4-5H2,1H3;3-4H2,1-2H3;1H. The van der Waals surface area contributed by atoms with Gasteiger partial charge in [-0.3, -0.25) is 4.79 Å². The third kappa shape index (κ3) is 9.22. The van der Waals surface area contributed by atoms with Crippen molar-refractivity contribution in [1.29, 1.82) is 0 Å². The van der Waals surface area contributed by atoms with E-state index in [2.05, 4.69) is 19.2 Å². The molecule has 0 amide bonds. The molecule has 0 aliphatic carbocycles. The van der Waals surface area contributed by atoms with Gasteiger partial charge in [0.2, 0.25) is 0 Å². The van der Waals surface area contributed by atoms with Gasteiger partial charge in [-0.05, 0) is 13.0 Å². The Morgan fingerprint density at radius 2 is 2.13 bits per heavy atom. The van der Waals surface area contributed by atoms with E-state index in [1.165, 1.54) is 12.8 Å². The molecule has 1 N–H and O–H groups in total. The van der Waals surface area contributed by atoms with Gasteiger partial charge >= 0.3 is 0 Å². The van der Waals surface area contributed by atoms with Crippen molar-refractivity contribution in [1.82, 2.24) is 5.32 Å². The van der Waals surface area contributed by atoms with E-state index in [9.17, 15) is 4.79 Å². The van der Waals surface area contributed by atoms with Crippen LogP contribution in [0, 0.1) is 0 Å². The van der Waals surface area contributed by atoms with E-state index in [0.29, 0.717) is 13.1 Å². The molecule has 0 radical (unpaired) electrons. The highest BCUT2D eigenvalue weighted by molar-refractivity contribution is 5.77. The van der Waals surface area contributed by atoms with Gasteiger partial charge in [-0.25, -0.2) is 0 Å². The summed E-state index contributed by atoms with van der Waals surface area (Å²) in [6.07, 6.45) is 5.91. The summed E-state index contributed by atoms with van der Waals surface area (Å²) in [5, 5.41) is 2.98. The Labute approximate surface area is 93.3 Å². The molecule has 0 unspecified atom stereocenters. The minimum Gasteiger partial charge on any atom is -0.472 e. The summed E-state index contributed by atoms with van der Waals surface area (Å²) in [4.78, 5) is 10.5. The predicted molar refractivity (Wildman–Crippen MR) is 63.8 cm³/mol. The molecule has 0 saturated carbocycles. The minimum absolute atomic E-state index is 0. The van der Waals surface area contributed by atoms with Crippen molar-refractivity contribution < 1.29 is 10.6 Å². The van der Waals surface area contributed by atoms with Crippen molar-refractivity contribution in [3.05, 3.63) is 24.2 Å². The van der Waals surface area contributed by atoms with Gasteiger partial charge in [-0.2, -0.15) is 0 Å². The number of nitrogens with one attached hydrogen (secondary N) is 1. The lowest BCUT2D eigenvalue weighted by molar-refractivity contribution is -0.116. The second kappa shape index (κ2) is 9.46. The van der Waals surface area contributed by atoms with E-state index in [1.807, 2.05) is 6.07 Å². The molecule has 0 fully saturated rings. The Morgan fingerprint density at radius 1 is 1.47 bits per heavy atom. The number of hydrogen-bond acceptors (Lipinski definition) is 3. The first-order valence-corrected chi connectivity index (χ1v) is 5.41. The number of furan rings is 1. The molecule has 0 atom stereocenters. The molecule has 88 valence electrons. The lowest BCUT2D eigenvalue weighted by Gasteiger charge is -1.97. The van der Waals surface area contributed by atoms with Crippen molar-refractivity contribution in [2.24, 2.45) is 0 Å². The van der Waals surface area contributed by atoms with Crippen LogP contribution < -0.4 is 5.32 Å². The first-order chi connectivity index (χ1) is 7.20.